The number of likely N-dealkylation sites (tertiary alicyclic amines) is 1. The molecule has 1 unspecified atom stereocenters. The molecule has 2 aromatic carbocycles. The predicted molar refractivity (Wildman–Crippen MR) is 191 cm³/mol. The first-order chi connectivity index (χ1) is 26.2. The first kappa shape index (κ1) is 36.5. The number of anilines is 1. The number of carbonyl (C=O) groups is 3. The number of halogens is 5. The third kappa shape index (κ3) is 7.00. The molecule has 2 N–H and O–H groups in total. The molecule has 8 rings (SSSR count). The molecule has 12 nitrogen and oxygen atoms in total. The average molecular weight is 765 g/mol. The Morgan fingerprint density at radius 2 is 1.75 bits per heavy atom. The first-order valence-electron chi connectivity index (χ1n) is 18.2. The molecular weight excluding hydrogens is 727 g/mol. The number of imidazole rings is 1. The van der Waals surface area contributed by atoms with Crippen molar-refractivity contribution in [2.24, 2.45) is 13.0 Å². The van der Waals surface area contributed by atoms with Gasteiger partial charge in [0.15, 0.2) is 0 Å². The number of carbonyl (C=O) groups excluding carboxylic acids is 3. The SMILES string of the molecule is Cn1c(=O)n(C2CCC(=O)NC2=O)c2ccc(C3CN(C[C@H]4CC[C@H](n5cc6cc(NC(=O)c7cccc(C(F)(F)F)n7)c(C(F)F)cc6n5)CC4)C3)cc21. The maximum atomic E-state index is 14.1. The smallest absolute Gasteiger partial charge is 0.320 e. The minimum atomic E-state index is -4.77. The lowest BCUT2D eigenvalue weighted by atomic mass is 9.83. The molecular formula is C38H37F5N8O4. The van der Waals surface area contributed by atoms with Gasteiger partial charge in [-0.3, -0.25) is 33.5 Å². The van der Waals surface area contributed by atoms with E-state index in [0.29, 0.717) is 28.3 Å². The second-order valence-corrected chi connectivity index (χ2v) is 14.8. The number of pyridine rings is 1. The number of rotatable bonds is 8. The summed E-state index contributed by atoms with van der Waals surface area (Å²) in [5, 5.41) is 9.75. The highest BCUT2D eigenvalue weighted by atomic mass is 19.4. The molecule has 1 saturated carbocycles. The van der Waals surface area contributed by atoms with Gasteiger partial charge in [0.1, 0.15) is 17.4 Å². The molecule has 5 heterocycles. The molecule has 3 aromatic heterocycles. The van der Waals surface area contributed by atoms with Crippen LogP contribution in [0, 0.1) is 5.92 Å². The summed E-state index contributed by atoms with van der Waals surface area (Å²) in [7, 11) is 1.69. The Morgan fingerprint density at radius 3 is 2.45 bits per heavy atom. The molecule has 5 aromatic rings. The summed E-state index contributed by atoms with van der Waals surface area (Å²) in [6.45, 7) is 2.71. The molecule has 17 heteroatoms. The van der Waals surface area contributed by atoms with E-state index in [2.05, 4.69) is 25.6 Å². The number of fused-ring (bicyclic) bond motifs is 2. The minimum absolute atomic E-state index is 0.0565. The van der Waals surface area contributed by atoms with Crippen LogP contribution in [0.1, 0.15) is 90.3 Å². The van der Waals surface area contributed by atoms with E-state index in [1.54, 1.807) is 22.5 Å². The lowest BCUT2D eigenvalue weighted by Gasteiger charge is -2.42. The van der Waals surface area contributed by atoms with Crippen molar-refractivity contribution in [1.82, 2.24) is 34.1 Å². The van der Waals surface area contributed by atoms with Crippen molar-refractivity contribution in [2.75, 3.05) is 25.0 Å². The van der Waals surface area contributed by atoms with Crippen LogP contribution < -0.4 is 16.3 Å². The van der Waals surface area contributed by atoms with Gasteiger partial charge in [-0.15, -0.1) is 0 Å². The van der Waals surface area contributed by atoms with Gasteiger partial charge in [-0.05, 0) is 80.0 Å². The van der Waals surface area contributed by atoms with E-state index in [0.717, 1.165) is 74.6 Å². The van der Waals surface area contributed by atoms with Gasteiger partial charge in [-0.2, -0.15) is 18.3 Å². The Kier molecular flexibility index (Phi) is 9.30. The van der Waals surface area contributed by atoms with Gasteiger partial charge in [0.2, 0.25) is 11.8 Å². The largest absolute Gasteiger partial charge is 0.433 e. The summed E-state index contributed by atoms with van der Waals surface area (Å²) >= 11 is 0. The molecule has 3 amide bonds. The second kappa shape index (κ2) is 14.0. The van der Waals surface area contributed by atoms with Crippen LogP contribution in [0.4, 0.5) is 27.6 Å². The van der Waals surface area contributed by atoms with Crippen molar-refractivity contribution in [1.29, 1.82) is 0 Å². The Hall–Kier alpha value is -5.45. The topological polar surface area (TPSA) is 136 Å². The van der Waals surface area contributed by atoms with E-state index < -0.39 is 47.4 Å². The van der Waals surface area contributed by atoms with E-state index in [-0.39, 0.29) is 36.2 Å². The van der Waals surface area contributed by atoms with Crippen molar-refractivity contribution in [3.63, 3.8) is 0 Å². The maximum Gasteiger partial charge on any atom is 0.433 e. The number of nitrogens with one attached hydrogen (secondary N) is 2. The Balaban J connectivity index is 0.879. The zero-order chi connectivity index (χ0) is 38.8. The van der Waals surface area contributed by atoms with E-state index in [9.17, 15) is 41.1 Å². The number of aryl methyl sites for hydroxylation is 1. The zero-order valence-corrected chi connectivity index (χ0v) is 29.7. The van der Waals surface area contributed by atoms with Crippen LogP contribution in [0.15, 0.2) is 59.5 Å². The maximum absolute atomic E-state index is 14.1. The number of hydrogen-bond acceptors (Lipinski definition) is 7. The Bertz CT molecular complexity index is 2390. The lowest BCUT2D eigenvalue weighted by molar-refractivity contribution is -0.141. The number of hydrogen-bond donors (Lipinski definition) is 2. The summed E-state index contributed by atoms with van der Waals surface area (Å²) in [5.74, 6) is -1.05. The van der Waals surface area contributed by atoms with E-state index >= 15 is 0 Å². The lowest BCUT2D eigenvalue weighted by Crippen LogP contribution is -2.47. The fraction of sp³-hybridized carbons (Fsp3) is 0.421. The van der Waals surface area contributed by atoms with Crippen LogP contribution in [0.5, 0.6) is 0 Å². The summed E-state index contributed by atoms with van der Waals surface area (Å²) in [6, 6.07) is 10.7. The van der Waals surface area contributed by atoms with Crippen LogP contribution in [-0.2, 0) is 22.8 Å². The minimum Gasteiger partial charge on any atom is -0.320 e. The van der Waals surface area contributed by atoms with Gasteiger partial charge in [0.05, 0.1) is 28.3 Å². The predicted octanol–water partition coefficient (Wildman–Crippen LogP) is 6.10. The Labute approximate surface area is 310 Å². The second-order valence-electron chi connectivity index (χ2n) is 14.8. The van der Waals surface area contributed by atoms with Crippen molar-refractivity contribution < 1.29 is 36.3 Å². The van der Waals surface area contributed by atoms with Crippen LogP contribution in [0.25, 0.3) is 21.9 Å². The molecule has 55 heavy (non-hydrogen) atoms. The molecule has 1 aliphatic carbocycles. The molecule has 2 aliphatic heterocycles. The number of alkyl halides is 5. The van der Waals surface area contributed by atoms with Crippen LogP contribution in [-0.4, -0.2) is 66.2 Å². The Morgan fingerprint density at radius 1 is 0.982 bits per heavy atom. The number of benzene rings is 2. The summed E-state index contributed by atoms with van der Waals surface area (Å²) in [6.07, 6.45) is -1.93. The molecule has 288 valence electrons. The zero-order valence-electron chi connectivity index (χ0n) is 29.7. The third-order valence-corrected chi connectivity index (χ3v) is 11.2. The number of imide groups is 1. The first-order valence-corrected chi connectivity index (χ1v) is 18.2. The molecule has 0 bridgehead atoms. The molecule has 2 saturated heterocycles. The number of piperidine rings is 1. The average Bonchev–Trinajstić information content (AvgIpc) is 3.66. The van der Waals surface area contributed by atoms with Crippen molar-refractivity contribution in [3.8, 4) is 0 Å². The van der Waals surface area contributed by atoms with Crippen LogP contribution in [0.3, 0.4) is 0 Å². The van der Waals surface area contributed by atoms with Crippen molar-refractivity contribution >= 4 is 45.3 Å². The van der Waals surface area contributed by atoms with E-state index in [4.69, 9.17) is 0 Å². The fourth-order valence-electron chi connectivity index (χ4n) is 8.24. The van der Waals surface area contributed by atoms with Crippen LogP contribution in [0.2, 0.25) is 0 Å². The van der Waals surface area contributed by atoms with Gasteiger partial charge in [-0.1, -0.05) is 12.1 Å². The highest BCUT2D eigenvalue weighted by Gasteiger charge is 2.35. The highest BCUT2D eigenvalue weighted by molar-refractivity contribution is 6.04. The summed E-state index contributed by atoms with van der Waals surface area (Å²) < 4.78 is 72.3. The number of amides is 3. The highest BCUT2D eigenvalue weighted by Crippen LogP contribution is 2.38. The third-order valence-electron chi connectivity index (χ3n) is 11.2. The number of nitrogens with zero attached hydrogens (tertiary/aromatic N) is 6. The summed E-state index contributed by atoms with van der Waals surface area (Å²) in [4.78, 5) is 55.9. The van der Waals surface area contributed by atoms with Gasteiger partial charge in [0.25, 0.3) is 12.3 Å². The molecule has 3 fully saturated rings. The van der Waals surface area contributed by atoms with Gasteiger partial charge < -0.3 is 10.2 Å². The van der Waals surface area contributed by atoms with Gasteiger partial charge >= 0.3 is 11.9 Å². The van der Waals surface area contributed by atoms with Gasteiger partial charge in [-0.25, -0.2) is 18.6 Å². The normalized spacial score (nSPS) is 21.3. The molecule has 0 spiro atoms. The standard InChI is InChI=1S/C38H37F5N8O4/c1-48-31-14-21(7-10-29(31)51(37(48)55)30-11-12-33(52)46-36(30)54)23-17-49(18-23)16-20-5-8-24(9-6-20)50-19-22-13-28(25(34(39)40)15-27(22)47-50)45-35(53)26-3-2-4-32(44-26)38(41,42)43/h2-4,7,10,13-15,19-20,23-24,30,34H,5-6,8-9,11-12,16-18H2,1H3,(H,45,53)(H,46,52,54)/t20-,24-,30?. The quantitative estimate of drug-likeness (QED) is 0.144. The fourth-order valence-corrected chi connectivity index (χ4v) is 8.24. The van der Waals surface area contributed by atoms with E-state index in [1.165, 1.54) is 16.7 Å². The molecule has 0 radical (unpaired) electrons. The molecule has 1 atom stereocenters. The summed E-state index contributed by atoms with van der Waals surface area (Å²) in [5.41, 5.74) is 0.0275. The van der Waals surface area contributed by atoms with Crippen molar-refractivity contribution in [3.05, 3.63) is 87.7 Å². The van der Waals surface area contributed by atoms with Crippen molar-refractivity contribution in [2.45, 2.75) is 69.1 Å². The van der Waals surface area contributed by atoms with E-state index in [1.807, 2.05) is 18.2 Å². The van der Waals surface area contributed by atoms with Gasteiger partial charge in [0, 0.05) is 56.2 Å². The van der Waals surface area contributed by atoms with Crippen LogP contribution >= 0.6 is 0 Å². The number of aromatic nitrogens is 5. The molecule has 3 aliphatic rings. The monoisotopic (exact) mass is 764 g/mol.